The Morgan fingerprint density at radius 2 is 1.83 bits per heavy atom. The number of ether oxygens (including phenoxy) is 3. The summed E-state index contributed by atoms with van der Waals surface area (Å²) >= 11 is 6.13. The van der Waals surface area contributed by atoms with Crippen molar-refractivity contribution in [3.05, 3.63) is 35.0 Å². The summed E-state index contributed by atoms with van der Waals surface area (Å²) in [4.78, 5) is 4.32. The van der Waals surface area contributed by atoms with Crippen molar-refractivity contribution in [2.24, 2.45) is 0 Å². The Bertz CT molecular complexity index is 555. The van der Waals surface area contributed by atoms with Gasteiger partial charge in [-0.05, 0) is 24.3 Å². The summed E-state index contributed by atoms with van der Waals surface area (Å²) in [6, 6.07) is 7.49. The molecule has 2 rings (SSSR count). The van der Waals surface area contributed by atoms with Gasteiger partial charge in [-0.1, -0.05) is 11.6 Å². The molecule has 0 saturated heterocycles. The maximum atomic E-state index is 6.13. The third-order valence-corrected chi connectivity index (χ3v) is 2.99. The van der Waals surface area contributed by atoms with Crippen molar-refractivity contribution in [3.63, 3.8) is 0 Å². The van der Waals surface area contributed by atoms with Crippen molar-refractivity contribution < 1.29 is 14.2 Å². The van der Waals surface area contributed by atoms with Crippen LogP contribution in [0.2, 0.25) is 5.15 Å². The first-order valence-corrected chi connectivity index (χ1v) is 5.77. The van der Waals surface area contributed by atoms with Gasteiger partial charge in [0.15, 0.2) is 6.29 Å². The van der Waals surface area contributed by atoms with Crippen LogP contribution < -0.4 is 4.74 Å². The highest BCUT2D eigenvalue weighted by Gasteiger charge is 2.15. The molecule has 0 fully saturated rings. The van der Waals surface area contributed by atoms with Crippen LogP contribution in [0.1, 0.15) is 11.9 Å². The lowest BCUT2D eigenvalue weighted by Crippen LogP contribution is -2.05. The van der Waals surface area contributed by atoms with Crippen LogP contribution in [-0.2, 0) is 9.47 Å². The third kappa shape index (κ3) is 2.41. The minimum Gasteiger partial charge on any atom is -0.497 e. The van der Waals surface area contributed by atoms with E-state index in [1.54, 1.807) is 21.3 Å². The van der Waals surface area contributed by atoms with Gasteiger partial charge in [-0.15, -0.1) is 0 Å². The predicted octanol–water partition coefficient (Wildman–Crippen LogP) is 3.19. The Labute approximate surface area is 110 Å². The minimum absolute atomic E-state index is 0.376. The molecule has 0 aliphatic heterocycles. The second-order valence-corrected chi connectivity index (χ2v) is 4.09. The van der Waals surface area contributed by atoms with Crippen LogP contribution in [0.5, 0.6) is 5.75 Å². The van der Waals surface area contributed by atoms with E-state index in [0.717, 1.165) is 16.7 Å². The van der Waals surface area contributed by atoms with E-state index < -0.39 is 6.29 Å². The van der Waals surface area contributed by atoms with Crippen LogP contribution in [0.15, 0.2) is 24.3 Å². The number of benzene rings is 1. The Kier molecular flexibility index (Phi) is 4.01. The molecule has 2 aromatic rings. The molecule has 0 bridgehead atoms. The summed E-state index contributed by atoms with van der Waals surface area (Å²) in [6.07, 6.45) is -0.527. The zero-order chi connectivity index (χ0) is 13.1. The van der Waals surface area contributed by atoms with Crippen molar-refractivity contribution >= 4 is 22.5 Å². The summed E-state index contributed by atoms with van der Waals surface area (Å²) in [5, 5.41) is 1.30. The molecule has 0 radical (unpaired) electrons. The predicted molar refractivity (Wildman–Crippen MR) is 70.1 cm³/mol. The van der Waals surface area contributed by atoms with Gasteiger partial charge >= 0.3 is 0 Å². The summed E-state index contributed by atoms with van der Waals surface area (Å²) < 4.78 is 15.6. The molecule has 0 saturated carbocycles. The molecule has 1 aromatic heterocycles. The number of rotatable bonds is 4. The third-order valence-electron chi connectivity index (χ3n) is 2.68. The highest BCUT2D eigenvalue weighted by atomic mass is 35.5. The molecular formula is C13H14ClNO3. The number of hydrogen-bond donors (Lipinski definition) is 0. The van der Waals surface area contributed by atoms with Crippen LogP contribution >= 0.6 is 11.6 Å². The Morgan fingerprint density at radius 3 is 2.44 bits per heavy atom. The average Bonchev–Trinajstić information content (AvgIpc) is 2.40. The zero-order valence-electron chi connectivity index (χ0n) is 10.4. The SMILES string of the molecule is COc1ccc2nc(Cl)c(C(OC)OC)cc2c1. The molecule has 0 N–H and O–H groups in total. The quantitative estimate of drug-likeness (QED) is 0.630. The van der Waals surface area contributed by atoms with Crippen LogP contribution in [0, 0.1) is 0 Å². The van der Waals surface area contributed by atoms with Crippen LogP contribution in [0.3, 0.4) is 0 Å². The van der Waals surface area contributed by atoms with Crippen molar-refractivity contribution in [1.82, 2.24) is 4.98 Å². The number of halogens is 1. The first kappa shape index (κ1) is 13.1. The molecule has 1 heterocycles. The second kappa shape index (κ2) is 5.52. The van der Waals surface area contributed by atoms with Gasteiger partial charge in [-0.2, -0.15) is 0 Å². The first-order chi connectivity index (χ1) is 8.69. The molecule has 0 amide bonds. The Morgan fingerprint density at radius 1 is 1.11 bits per heavy atom. The first-order valence-electron chi connectivity index (χ1n) is 5.39. The molecule has 4 nitrogen and oxygen atoms in total. The molecule has 5 heteroatoms. The standard InChI is InChI=1S/C13H14ClNO3/c1-16-9-4-5-11-8(6-9)7-10(12(14)15-11)13(17-2)18-3/h4-7,13H,1-3H3. The largest absolute Gasteiger partial charge is 0.497 e. The molecule has 96 valence electrons. The number of methoxy groups -OCH3 is 3. The number of fused-ring (bicyclic) bond motifs is 1. The van der Waals surface area contributed by atoms with E-state index >= 15 is 0 Å². The van der Waals surface area contributed by atoms with Crippen LogP contribution in [0.25, 0.3) is 10.9 Å². The molecule has 0 atom stereocenters. The van der Waals surface area contributed by atoms with E-state index in [1.165, 1.54) is 0 Å². The number of aromatic nitrogens is 1. The lowest BCUT2D eigenvalue weighted by molar-refractivity contribution is -0.106. The molecular weight excluding hydrogens is 254 g/mol. The molecule has 0 unspecified atom stereocenters. The fraction of sp³-hybridized carbons (Fsp3) is 0.308. The number of hydrogen-bond acceptors (Lipinski definition) is 4. The molecule has 0 aliphatic rings. The fourth-order valence-electron chi connectivity index (χ4n) is 1.79. The highest BCUT2D eigenvalue weighted by molar-refractivity contribution is 6.30. The van der Waals surface area contributed by atoms with E-state index in [9.17, 15) is 0 Å². The van der Waals surface area contributed by atoms with Crippen LogP contribution in [0.4, 0.5) is 0 Å². The van der Waals surface area contributed by atoms with Crippen molar-refractivity contribution in [1.29, 1.82) is 0 Å². The normalized spacial score (nSPS) is 11.2. The topological polar surface area (TPSA) is 40.6 Å². The summed E-state index contributed by atoms with van der Waals surface area (Å²) in [5.41, 5.74) is 1.50. The summed E-state index contributed by atoms with van der Waals surface area (Å²) in [6.45, 7) is 0. The Balaban J connectivity index is 2.57. The number of nitrogens with zero attached hydrogens (tertiary/aromatic N) is 1. The zero-order valence-corrected chi connectivity index (χ0v) is 11.2. The number of pyridine rings is 1. The van der Waals surface area contributed by atoms with Gasteiger partial charge < -0.3 is 14.2 Å². The molecule has 0 aliphatic carbocycles. The lowest BCUT2D eigenvalue weighted by Gasteiger charge is -2.15. The fourth-order valence-corrected chi connectivity index (χ4v) is 2.02. The van der Waals surface area contributed by atoms with Gasteiger partial charge in [0.25, 0.3) is 0 Å². The van der Waals surface area contributed by atoms with E-state index in [0.29, 0.717) is 10.7 Å². The maximum Gasteiger partial charge on any atom is 0.186 e. The van der Waals surface area contributed by atoms with Crippen LogP contribution in [-0.4, -0.2) is 26.3 Å². The Hall–Kier alpha value is -1.36. The summed E-state index contributed by atoms with van der Waals surface area (Å²) in [5.74, 6) is 0.768. The maximum absolute atomic E-state index is 6.13. The second-order valence-electron chi connectivity index (χ2n) is 3.73. The van der Waals surface area contributed by atoms with E-state index in [2.05, 4.69) is 4.98 Å². The molecule has 18 heavy (non-hydrogen) atoms. The van der Waals surface area contributed by atoms with Gasteiger partial charge in [0, 0.05) is 25.2 Å². The van der Waals surface area contributed by atoms with Gasteiger partial charge in [-0.25, -0.2) is 4.98 Å². The minimum atomic E-state index is -0.527. The smallest absolute Gasteiger partial charge is 0.186 e. The van der Waals surface area contributed by atoms with Gasteiger partial charge in [0.1, 0.15) is 10.9 Å². The van der Waals surface area contributed by atoms with Crippen molar-refractivity contribution in [3.8, 4) is 5.75 Å². The monoisotopic (exact) mass is 267 g/mol. The van der Waals surface area contributed by atoms with E-state index in [-0.39, 0.29) is 0 Å². The van der Waals surface area contributed by atoms with Gasteiger partial charge in [0.05, 0.1) is 12.6 Å². The van der Waals surface area contributed by atoms with Gasteiger partial charge in [0.2, 0.25) is 0 Å². The van der Waals surface area contributed by atoms with Crippen molar-refractivity contribution in [2.45, 2.75) is 6.29 Å². The lowest BCUT2D eigenvalue weighted by atomic mass is 10.1. The average molecular weight is 268 g/mol. The molecule has 0 spiro atoms. The van der Waals surface area contributed by atoms with E-state index in [1.807, 2.05) is 24.3 Å². The summed E-state index contributed by atoms with van der Waals surface area (Å²) in [7, 11) is 4.74. The van der Waals surface area contributed by atoms with Crippen molar-refractivity contribution in [2.75, 3.05) is 21.3 Å². The van der Waals surface area contributed by atoms with E-state index in [4.69, 9.17) is 25.8 Å². The van der Waals surface area contributed by atoms with Gasteiger partial charge in [-0.3, -0.25) is 0 Å². The highest BCUT2D eigenvalue weighted by Crippen LogP contribution is 2.29. The molecule has 1 aromatic carbocycles.